The second-order valence-electron chi connectivity index (χ2n) is 6.66. The number of benzene rings is 1. The summed E-state index contributed by atoms with van der Waals surface area (Å²) in [6.45, 7) is 4.31. The number of amides is 1. The third-order valence-electron chi connectivity index (χ3n) is 4.70. The smallest absolute Gasteiger partial charge is 0.226 e. The third-order valence-corrected chi connectivity index (χ3v) is 4.70. The van der Waals surface area contributed by atoms with Gasteiger partial charge in [-0.3, -0.25) is 9.78 Å². The maximum Gasteiger partial charge on any atom is 0.226 e. The highest BCUT2D eigenvalue weighted by atomic mass is 16.5. The van der Waals surface area contributed by atoms with E-state index in [0.717, 1.165) is 16.7 Å². The van der Waals surface area contributed by atoms with E-state index in [9.17, 15) is 9.90 Å². The van der Waals surface area contributed by atoms with Crippen molar-refractivity contribution in [2.45, 2.75) is 45.4 Å². The van der Waals surface area contributed by atoms with Crippen LogP contribution in [0.3, 0.4) is 0 Å². The molecule has 6 heteroatoms. The fourth-order valence-electron chi connectivity index (χ4n) is 3.26. The van der Waals surface area contributed by atoms with Gasteiger partial charge in [0.15, 0.2) is 0 Å². The van der Waals surface area contributed by atoms with E-state index in [4.69, 9.17) is 4.74 Å². The number of carbonyl (C=O) groups excluding carboxylic acids is 1. The molecule has 0 aliphatic carbocycles. The van der Waals surface area contributed by atoms with Crippen LogP contribution in [0, 0.1) is 0 Å². The summed E-state index contributed by atoms with van der Waals surface area (Å²) in [5.74, 6) is 0.385. The minimum atomic E-state index is -0.719. The normalized spacial score (nSPS) is 14.9. The van der Waals surface area contributed by atoms with Crippen molar-refractivity contribution in [3.8, 4) is 0 Å². The molecule has 6 nitrogen and oxygen atoms in total. The van der Waals surface area contributed by atoms with Crippen LogP contribution in [0.1, 0.15) is 60.5 Å². The molecule has 1 aliphatic heterocycles. The van der Waals surface area contributed by atoms with E-state index in [1.807, 2.05) is 50.2 Å². The van der Waals surface area contributed by atoms with Gasteiger partial charge in [0.25, 0.3) is 0 Å². The van der Waals surface area contributed by atoms with Crippen molar-refractivity contribution in [2.75, 3.05) is 7.11 Å². The molecule has 1 unspecified atom stereocenters. The largest absolute Gasteiger partial charge is 0.481 e. The number of fused-ring (bicyclic) bond motifs is 1. The molecule has 0 radical (unpaired) electrons. The molecule has 0 bridgehead atoms. The number of hydrogen-bond acceptors (Lipinski definition) is 5. The van der Waals surface area contributed by atoms with Crippen LogP contribution >= 0.6 is 0 Å². The Hall–Kier alpha value is -2.73. The number of nitrogens with zero attached hydrogens (tertiary/aromatic N) is 2. The Morgan fingerprint density at radius 3 is 2.74 bits per heavy atom. The van der Waals surface area contributed by atoms with Gasteiger partial charge in [0, 0.05) is 0 Å². The van der Waals surface area contributed by atoms with Gasteiger partial charge in [0.1, 0.15) is 0 Å². The summed E-state index contributed by atoms with van der Waals surface area (Å²) in [7, 11) is 1.56. The molecule has 1 aliphatic rings. The molecule has 0 saturated heterocycles. The highest BCUT2D eigenvalue weighted by Gasteiger charge is 2.26. The Labute approximate surface area is 159 Å². The van der Waals surface area contributed by atoms with Gasteiger partial charge in [0.05, 0.1) is 49.2 Å². The lowest BCUT2D eigenvalue weighted by Gasteiger charge is -2.17. The van der Waals surface area contributed by atoms with E-state index in [1.165, 1.54) is 0 Å². The number of aliphatic hydroxyl groups is 1. The summed E-state index contributed by atoms with van der Waals surface area (Å²) in [6, 6.07) is 11.6. The lowest BCUT2D eigenvalue weighted by molar-refractivity contribution is -0.121. The SMILES string of the molecule is CCC(O)c1nc(CC(=O)N[C@H](C)c2ccccc2)cc2c1C(OC)=NC2. The van der Waals surface area contributed by atoms with Gasteiger partial charge in [-0.05, 0) is 30.5 Å². The van der Waals surface area contributed by atoms with Crippen LogP contribution < -0.4 is 5.32 Å². The van der Waals surface area contributed by atoms with Crippen LogP contribution in [0.4, 0.5) is 0 Å². The molecule has 2 aromatic rings. The number of pyridine rings is 1. The zero-order valence-corrected chi connectivity index (χ0v) is 15.9. The zero-order chi connectivity index (χ0) is 19.4. The summed E-state index contributed by atoms with van der Waals surface area (Å²) in [5, 5.41) is 13.4. The summed E-state index contributed by atoms with van der Waals surface area (Å²) in [4.78, 5) is 21.4. The van der Waals surface area contributed by atoms with E-state index in [0.29, 0.717) is 30.3 Å². The van der Waals surface area contributed by atoms with Gasteiger partial charge in [-0.25, -0.2) is 4.99 Å². The molecule has 1 aromatic carbocycles. The average molecular weight is 367 g/mol. The minimum absolute atomic E-state index is 0.0859. The van der Waals surface area contributed by atoms with Crippen molar-refractivity contribution < 1.29 is 14.6 Å². The molecule has 2 atom stereocenters. The van der Waals surface area contributed by atoms with Gasteiger partial charge < -0.3 is 15.2 Å². The summed E-state index contributed by atoms with van der Waals surface area (Å²) >= 11 is 0. The van der Waals surface area contributed by atoms with Gasteiger partial charge >= 0.3 is 0 Å². The molecule has 142 valence electrons. The molecule has 2 heterocycles. The fraction of sp³-hybridized carbons (Fsp3) is 0.381. The second kappa shape index (κ2) is 8.31. The first-order valence-corrected chi connectivity index (χ1v) is 9.17. The monoisotopic (exact) mass is 367 g/mol. The molecule has 0 saturated carbocycles. The molecule has 27 heavy (non-hydrogen) atoms. The van der Waals surface area contributed by atoms with Crippen LogP contribution in [0.2, 0.25) is 0 Å². The van der Waals surface area contributed by atoms with Crippen molar-refractivity contribution in [3.05, 3.63) is 64.5 Å². The quantitative estimate of drug-likeness (QED) is 0.822. The Balaban J connectivity index is 1.78. The number of ether oxygens (including phenoxy) is 1. The van der Waals surface area contributed by atoms with Crippen molar-refractivity contribution >= 4 is 11.8 Å². The van der Waals surface area contributed by atoms with E-state index in [-0.39, 0.29) is 18.4 Å². The topological polar surface area (TPSA) is 83.8 Å². The van der Waals surface area contributed by atoms with E-state index >= 15 is 0 Å². The predicted molar refractivity (Wildman–Crippen MR) is 103 cm³/mol. The Bertz CT molecular complexity index is 849. The Morgan fingerprint density at radius 1 is 1.33 bits per heavy atom. The van der Waals surface area contributed by atoms with Gasteiger partial charge in [0.2, 0.25) is 11.8 Å². The molecule has 1 amide bonds. The number of carbonyl (C=O) groups is 1. The molecular weight excluding hydrogens is 342 g/mol. The average Bonchev–Trinajstić information content (AvgIpc) is 3.10. The van der Waals surface area contributed by atoms with E-state index < -0.39 is 6.10 Å². The van der Waals surface area contributed by atoms with E-state index in [2.05, 4.69) is 15.3 Å². The van der Waals surface area contributed by atoms with Crippen LogP contribution in [0.15, 0.2) is 41.4 Å². The number of hydrogen-bond donors (Lipinski definition) is 2. The highest BCUT2D eigenvalue weighted by Crippen LogP contribution is 2.28. The number of nitrogens with one attached hydrogen (secondary N) is 1. The Morgan fingerprint density at radius 2 is 2.07 bits per heavy atom. The van der Waals surface area contributed by atoms with Crippen molar-refractivity contribution in [2.24, 2.45) is 4.99 Å². The predicted octanol–water partition coefficient (Wildman–Crippen LogP) is 2.85. The zero-order valence-electron chi connectivity index (χ0n) is 15.9. The first-order chi connectivity index (χ1) is 13.0. The van der Waals surface area contributed by atoms with Crippen molar-refractivity contribution in [3.63, 3.8) is 0 Å². The van der Waals surface area contributed by atoms with Crippen LogP contribution in [-0.4, -0.2) is 29.0 Å². The molecule has 2 N–H and O–H groups in total. The maximum absolute atomic E-state index is 12.5. The summed E-state index contributed by atoms with van der Waals surface area (Å²) in [5.41, 5.74) is 3.90. The van der Waals surface area contributed by atoms with Gasteiger partial charge in [-0.15, -0.1) is 0 Å². The molecule has 0 spiro atoms. The van der Waals surface area contributed by atoms with Crippen LogP contribution in [0.25, 0.3) is 0 Å². The number of aliphatic hydroxyl groups excluding tert-OH is 1. The number of aliphatic imine (C=N–C) groups is 1. The molecule has 3 rings (SSSR count). The summed E-state index contributed by atoms with van der Waals surface area (Å²) in [6.07, 6.45) is -0.0451. The Kier molecular flexibility index (Phi) is 5.86. The van der Waals surface area contributed by atoms with Gasteiger partial charge in [-0.2, -0.15) is 0 Å². The lowest BCUT2D eigenvalue weighted by atomic mass is 10.0. The van der Waals surface area contributed by atoms with Crippen LogP contribution in [0.5, 0.6) is 0 Å². The third kappa shape index (κ3) is 4.17. The molecule has 1 aromatic heterocycles. The highest BCUT2D eigenvalue weighted by molar-refractivity contribution is 5.99. The standard InChI is InChI=1S/C21H25N3O3/c1-4-17(25)20-19-15(12-22-21(19)27-3)10-16(24-20)11-18(26)23-13(2)14-8-6-5-7-9-14/h5-10,13,17,25H,4,11-12H2,1-3H3,(H,23,26)/t13-,17?/m1/s1. The minimum Gasteiger partial charge on any atom is -0.481 e. The number of methoxy groups -OCH3 is 1. The lowest BCUT2D eigenvalue weighted by Crippen LogP contribution is -2.28. The van der Waals surface area contributed by atoms with Crippen molar-refractivity contribution in [1.29, 1.82) is 0 Å². The van der Waals surface area contributed by atoms with E-state index in [1.54, 1.807) is 7.11 Å². The first-order valence-electron chi connectivity index (χ1n) is 9.17. The second-order valence-corrected chi connectivity index (χ2v) is 6.66. The van der Waals surface area contributed by atoms with Crippen LogP contribution in [-0.2, 0) is 22.5 Å². The van der Waals surface area contributed by atoms with Crippen molar-refractivity contribution in [1.82, 2.24) is 10.3 Å². The number of aromatic nitrogens is 1. The summed E-state index contributed by atoms with van der Waals surface area (Å²) < 4.78 is 5.32. The molecular formula is C21H25N3O3. The molecule has 0 fully saturated rings. The maximum atomic E-state index is 12.5. The number of rotatable bonds is 6. The van der Waals surface area contributed by atoms with Gasteiger partial charge in [-0.1, -0.05) is 37.3 Å². The first kappa shape index (κ1) is 19.0. The fourth-order valence-corrected chi connectivity index (χ4v) is 3.26.